The largest absolute Gasteiger partial charge is 0.352 e. The maximum absolute atomic E-state index is 13.1. The molecule has 0 aromatic heterocycles. The van der Waals surface area contributed by atoms with Crippen molar-refractivity contribution in [2.75, 3.05) is 0 Å². The van der Waals surface area contributed by atoms with Crippen molar-refractivity contribution in [2.24, 2.45) is 0 Å². The molecular weight excluding hydrogens is 274 g/mol. The van der Waals surface area contributed by atoms with Gasteiger partial charge in [-0.05, 0) is 37.5 Å². The first-order valence-corrected chi connectivity index (χ1v) is 7.54. The highest BCUT2D eigenvalue weighted by molar-refractivity contribution is 5.81. The summed E-state index contributed by atoms with van der Waals surface area (Å²) in [5, 5.41) is 6.07. The van der Waals surface area contributed by atoms with Gasteiger partial charge in [0.15, 0.2) is 11.6 Å². The molecule has 2 rings (SSSR count). The van der Waals surface area contributed by atoms with Crippen molar-refractivity contribution in [3.8, 4) is 0 Å². The molecule has 1 fully saturated rings. The molecule has 1 aliphatic rings. The van der Waals surface area contributed by atoms with Gasteiger partial charge in [0.2, 0.25) is 5.91 Å². The zero-order chi connectivity index (χ0) is 15.2. The van der Waals surface area contributed by atoms with Gasteiger partial charge >= 0.3 is 0 Å². The first-order valence-electron chi connectivity index (χ1n) is 7.54. The summed E-state index contributed by atoms with van der Waals surface area (Å²) < 4.78 is 25.9. The van der Waals surface area contributed by atoms with Gasteiger partial charge in [0.05, 0.1) is 6.04 Å². The zero-order valence-corrected chi connectivity index (χ0v) is 12.3. The second-order valence-corrected chi connectivity index (χ2v) is 5.69. The summed E-state index contributed by atoms with van der Waals surface area (Å²) in [5.41, 5.74) is 0.617. The highest BCUT2D eigenvalue weighted by atomic mass is 19.2. The van der Waals surface area contributed by atoms with Crippen LogP contribution in [0, 0.1) is 11.6 Å². The topological polar surface area (TPSA) is 41.1 Å². The fraction of sp³-hybridized carbons (Fsp3) is 0.562. The number of halogens is 2. The van der Waals surface area contributed by atoms with E-state index in [-0.39, 0.29) is 18.0 Å². The number of nitrogens with one attached hydrogen (secondary N) is 2. The van der Waals surface area contributed by atoms with E-state index in [1.807, 2.05) is 0 Å². The van der Waals surface area contributed by atoms with Gasteiger partial charge in [-0.3, -0.25) is 4.79 Å². The second-order valence-electron chi connectivity index (χ2n) is 5.69. The summed E-state index contributed by atoms with van der Waals surface area (Å²) in [6.07, 6.45) is 5.67. The second kappa shape index (κ2) is 7.50. The third-order valence-corrected chi connectivity index (χ3v) is 3.94. The van der Waals surface area contributed by atoms with Crippen molar-refractivity contribution in [1.82, 2.24) is 10.6 Å². The number of rotatable bonds is 5. The minimum atomic E-state index is -0.867. The predicted octanol–water partition coefficient (Wildman–Crippen LogP) is 2.89. The lowest BCUT2D eigenvalue weighted by atomic mass is 9.95. The summed E-state index contributed by atoms with van der Waals surface area (Å²) in [5.74, 6) is -1.76. The quantitative estimate of drug-likeness (QED) is 0.877. The Morgan fingerprint density at radius 2 is 1.95 bits per heavy atom. The molecule has 2 N–H and O–H groups in total. The third kappa shape index (κ3) is 4.77. The van der Waals surface area contributed by atoms with Crippen molar-refractivity contribution in [2.45, 2.75) is 57.7 Å². The fourth-order valence-corrected chi connectivity index (χ4v) is 2.59. The molecule has 0 spiro atoms. The minimum Gasteiger partial charge on any atom is -0.352 e. The van der Waals surface area contributed by atoms with E-state index in [4.69, 9.17) is 0 Å². The lowest BCUT2D eigenvalue weighted by Gasteiger charge is -2.24. The highest BCUT2D eigenvalue weighted by Crippen LogP contribution is 2.17. The molecule has 1 amide bonds. The molecule has 5 heteroatoms. The van der Waals surface area contributed by atoms with E-state index in [9.17, 15) is 13.6 Å². The van der Waals surface area contributed by atoms with Gasteiger partial charge in [0.25, 0.3) is 0 Å². The average molecular weight is 296 g/mol. The molecule has 1 atom stereocenters. The number of amides is 1. The lowest BCUT2D eigenvalue weighted by molar-refractivity contribution is -0.123. The molecular formula is C16H22F2N2O. The minimum absolute atomic E-state index is 0.0375. The Balaban J connectivity index is 1.78. The Labute approximate surface area is 124 Å². The number of carbonyl (C=O) groups is 1. The molecule has 1 aliphatic carbocycles. The lowest BCUT2D eigenvalue weighted by Crippen LogP contribution is -2.46. The fourth-order valence-electron chi connectivity index (χ4n) is 2.59. The van der Waals surface area contributed by atoms with Crippen molar-refractivity contribution in [3.63, 3.8) is 0 Å². The van der Waals surface area contributed by atoms with E-state index in [1.165, 1.54) is 25.3 Å². The van der Waals surface area contributed by atoms with E-state index < -0.39 is 11.6 Å². The van der Waals surface area contributed by atoms with Crippen LogP contribution in [-0.4, -0.2) is 18.0 Å². The molecule has 1 unspecified atom stereocenters. The molecule has 0 aliphatic heterocycles. The molecule has 1 aromatic carbocycles. The van der Waals surface area contributed by atoms with Crippen LogP contribution in [0.5, 0.6) is 0 Å². The van der Waals surface area contributed by atoms with Crippen molar-refractivity contribution in [3.05, 3.63) is 35.4 Å². The van der Waals surface area contributed by atoms with Crippen LogP contribution in [0.1, 0.15) is 44.6 Å². The van der Waals surface area contributed by atoms with Crippen LogP contribution in [0.3, 0.4) is 0 Å². The van der Waals surface area contributed by atoms with Gasteiger partial charge < -0.3 is 10.6 Å². The van der Waals surface area contributed by atoms with Crippen molar-refractivity contribution in [1.29, 1.82) is 0 Å². The normalized spacial score (nSPS) is 17.5. The van der Waals surface area contributed by atoms with Crippen molar-refractivity contribution < 1.29 is 13.6 Å². The average Bonchev–Trinajstić information content (AvgIpc) is 2.49. The van der Waals surface area contributed by atoms with Gasteiger partial charge in [-0.1, -0.05) is 25.3 Å². The summed E-state index contributed by atoms with van der Waals surface area (Å²) in [6.45, 7) is 2.11. The molecule has 1 aromatic rings. The highest BCUT2D eigenvalue weighted by Gasteiger charge is 2.19. The number of benzene rings is 1. The van der Waals surface area contributed by atoms with Crippen LogP contribution in [0.25, 0.3) is 0 Å². The maximum Gasteiger partial charge on any atom is 0.237 e. The van der Waals surface area contributed by atoms with Gasteiger partial charge in [0, 0.05) is 12.6 Å². The first kappa shape index (κ1) is 15.9. The van der Waals surface area contributed by atoms with Crippen LogP contribution < -0.4 is 10.6 Å². The molecule has 0 radical (unpaired) electrons. The number of hydrogen-bond donors (Lipinski definition) is 2. The molecule has 0 saturated heterocycles. The van der Waals surface area contributed by atoms with E-state index >= 15 is 0 Å². The molecule has 1 saturated carbocycles. The Morgan fingerprint density at radius 1 is 1.24 bits per heavy atom. The van der Waals surface area contributed by atoms with Crippen LogP contribution >= 0.6 is 0 Å². The van der Waals surface area contributed by atoms with Gasteiger partial charge in [-0.25, -0.2) is 8.78 Å². The Morgan fingerprint density at radius 3 is 2.62 bits per heavy atom. The van der Waals surface area contributed by atoms with Crippen LogP contribution in [0.4, 0.5) is 8.78 Å². The van der Waals surface area contributed by atoms with E-state index in [1.54, 1.807) is 6.92 Å². The maximum atomic E-state index is 13.1. The monoisotopic (exact) mass is 296 g/mol. The number of hydrogen-bond acceptors (Lipinski definition) is 2. The van der Waals surface area contributed by atoms with Gasteiger partial charge in [-0.15, -0.1) is 0 Å². The molecule has 3 nitrogen and oxygen atoms in total. The van der Waals surface area contributed by atoms with Crippen LogP contribution in [-0.2, 0) is 11.3 Å². The molecule has 116 valence electrons. The molecule has 0 heterocycles. The third-order valence-electron chi connectivity index (χ3n) is 3.94. The van der Waals surface area contributed by atoms with E-state index in [2.05, 4.69) is 10.6 Å². The number of carbonyl (C=O) groups excluding carboxylic acids is 1. The Bertz CT molecular complexity index is 487. The Hall–Kier alpha value is -1.49. The smallest absolute Gasteiger partial charge is 0.237 e. The zero-order valence-electron chi connectivity index (χ0n) is 12.3. The summed E-state index contributed by atoms with van der Waals surface area (Å²) >= 11 is 0. The molecule has 21 heavy (non-hydrogen) atoms. The van der Waals surface area contributed by atoms with E-state index in [0.29, 0.717) is 12.1 Å². The summed E-state index contributed by atoms with van der Waals surface area (Å²) in [7, 11) is 0. The van der Waals surface area contributed by atoms with Gasteiger partial charge in [0.1, 0.15) is 0 Å². The van der Waals surface area contributed by atoms with Crippen LogP contribution in [0.2, 0.25) is 0 Å². The van der Waals surface area contributed by atoms with Crippen LogP contribution in [0.15, 0.2) is 18.2 Å². The summed E-state index contributed by atoms with van der Waals surface area (Å²) in [4.78, 5) is 12.0. The SMILES string of the molecule is CC(NCc1ccc(F)c(F)c1)C(=O)NC1CCCCC1. The molecule has 0 bridgehead atoms. The summed E-state index contributed by atoms with van der Waals surface area (Å²) in [6, 6.07) is 3.67. The first-order chi connectivity index (χ1) is 10.1. The standard InChI is InChI=1S/C16H22F2N2O/c1-11(16(21)20-13-5-3-2-4-6-13)19-10-12-7-8-14(17)15(18)9-12/h7-9,11,13,19H,2-6,10H2,1H3,(H,20,21). The Kier molecular flexibility index (Phi) is 5.67. The van der Waals surface area contributed by atoms with E-state index in [0.717, 1.165) is 25.0 Å². The van der Waals surface area contributed by atoms with Gasteiger partial charge in [-0.2, -0.15) is 0 Å². The predicted molar refractivity (Wildman–Crippen MR) is 77.7 cm³/mol. The van der Waals surface area contributed by atoms with Crippen molar-refractivity contribution >= 4 is 5.91 Å².